The quantitative estimate of drug-likeness (QED) is 0.478. The van der Waals surface area contributed by atoms with Gasteiger partial charge >= 0.3 is 0 Å². The molecule has 0 aromatic heterocycles. The third kappa shape index (κ3) is 3.80. The van der Waals surface area contributed by atoms with E-state index in [0.717, 1.165) is 23.9 Å². The fraction of sp³-hybridized carbons (Fsp3) is 0.714. The Balaban J connectivity index is 1.42. The number of nitrogens with zero attached hydrogens (tertiary/aromatic N) is 1. The molecule has 2 bridgehead atoms. The Kier molecular flexibility index (Phi) is 6.49. The fourth-order valence-corrected chi connectivity index (χ4v) is 9.31. The summed E-state index contributed by atoms with van der Waals surface area (Å²) in [6, 6.07) is 6.90. The number of fused-ring (bicyclic) bond motifs is 3. The number of halogens is 1. The normalized spacial score (nSPS) is 39.3. The van der Waals surface area contributed by atoms with E-state index in [-0.39, 0.29) is 24.2 Å². The summed E-state index contributed by atoms with van der Waals surface area (Å²) in [5.74, 6) is 0.378. The lowest BCUT2D eigenvalue weighted by Crippen LogP contribution is -2.46. The predicted molar refractivity (Wildman–Crippen MR) is 122 cm³/mol. The van der Waals surface area contributed by atoms with Crippen molar-refractivity contribution >= 4 is 34.3 Å². The average molecular weight is 550 g/mol. The van der Waals surface area contributed by atoms with Crippen LogP contribution in [0.2, 0.25) is 0 Å². The van der Waals surface area contributed by atoms with Gasteiger partial charge in [0.2, 0.25) is 9.84 Å². The summed E-state index contributed by atoms with van der Waals surface area (Å²) in [6.07, 6.45) is 0.991. The van der Waals surface area contributed by atoms with Crippen molar-refractivity contribution in [2.75, 3.05) is 26.9 Å². The van der Waals surface area contributed by atoms with E-state index in [2.05, 4.69) is 34.4 Å². The molecule has 8 nitrogen and oxygen atoms in total. The van der Waals surface area contributed by atoms with E-state index in [4.69, 9.17) is 23.3 Å². The molecule has 178 valence electrons. The third-order valence-corrected chi connectivity index (χ3v) is 10.9. The van der Waals surface area contributed by atoms with Crippen molar-refractivity contribution in [1.29, 1.82) is 0 Å². The molecule has 4 heterocycles. The van der Waals surface area contributed by atoms with E-state index in [1.807, 2.05) is 0 Å². The van der Waals surface area contributed by atoms with Gasteiger partial charge in [0, 0.05) is 24.2 Å². The number of sulfone groups is 1. The summed E-state index contributed by atoms with van der Waals surface area (Å²) < 4.78 is 60.6. The Morgan fingerprint density at radius 1 is 1.31 bits per heavy atom. The van der Waals surface area contributed by atoms with E-state index < -0.39 is 41.6 Å². The molecular weight excluding hydrogens is 521 g/mol. The Bertz CT molecular complexity index is 948. The number of rotatable bonds is 7. The first kappa shape index (κ1) is 23.6. The van der Waals surface area contributed by atoms with Crippen molar-refractivity contribution < 1.29 is 31.7 Å². The molecule has 0 saturated carbocycles. The van der Waals surface area contributed by atoms with Crippen LogP contribution in [0, 0.1) is 5.92 Å². The Morgan fingerprint density at radius 2 is 2.06 bits per heavy atom. The molecule has 1 aromatic rings. The van der Waals surface area contributed by atoms with Gasteiger partial charge in [-0.25, -0.2) is 13.1 Å². The highest BCUT2D eigenvalue weighted by Gasteiger charge is 2.67. The molecular formula is C21H29BrNO7PS. The second kappa shape index (κ2) is 8.81. The van der Waals surface area contributed by atoms with Crippen LogP contribution in [-0.4, -0.2) is 75.3 Å². The lowest BCUT2D eigenvalue weighted by molar-refractivity contribution is -0.140. The smallest absolute Gasteiger partial charge is 0.259 e. The second-order valence-electron chi connectivity index (χ2n) is 9.21. The van der Waals surface area contributed by atoms with Crippen LogP contribution in [0.1, 0.15) is 26.7 Å². The molecule has 4 saturated heterocycles. The van der Waals surface area contributed by atoms with E-state index in [9.17, 15) is 8.42 Å². The highest BCUT2D eigenvalue weighted by atomic mass is 79.9. The van der Waals surface area contributed by atoms with E-state index in [1.165, 1.54) is 0 Å². The lowest BCUT2D eigenvalue weighted by Gasteiger charge is -2.31. The maximum absolute atomic E-state index is 13.4. The summed E-state index contributed by atoms with van der Waals surface area (Å²) in [6.45, 7) is 5.66. The zero-order valence-electron chi connectivity index (χ0n) is 18.3. The van der Waals surface area contributed by atoms with Crippen molar-refractivity contribution in [3.05, 3.63) is 28.7 Å². The summed E-state index contributed by atoms with van der Waals surface area (Å²) in [4.78, 5) is 0.190. The monoisotopic (exact) mass is 549 g/mol. The summed E-state index contributed by atoms with van der Waals surface area (Å²) in [5, 5.41) is 0. The second-order valence-corrected chi connectivity index (χ2v) is 13.6. The van der Waals surface area contributed by atoms with Crippen LogP contribution in [0.5, 0.6) is 0 Å². The first-order valence-electron chi connectivity index (χ1n) is 10.9. The lowest BCUT2D eigenvalue weighted by atomic mass is 9.99. The van der Waals surface area contributed by atoms with E-state index in [0.29, 0.717) is 12.0 Å². The largest absolute Gasteiger partial charge is 0.381 e. The maximum atomic E-state index is 13.4. The SMILES string of the molecule is COC[C@]12CO[C@@H](C1OP1OC(C(C)C)C3CCCN31)[C@H](S(=O)(=O)c1ccc(Br)cc1)O2. The van der Waals surface area contributed by atoms with Gasteiger partial charge in [-0.05, 0) is 43.0 Å². The summed E-state index contributed by atoms with van der Waals surface area (Å²) in [5.41, 5.74) is -2.14. The Morgan fingerprint density at radius 3 is 2.75 bits per heavy atom. The van der Waals surface area contributed by atoms with Crippen molar-refractivity contribution in [3.63, 3.8) is 0 Å². The van der Waals surface area contributed by atoms with Crippen molar-refractivity contribution in [1.82, 2.24) is 4.67 Å². The van der Waals surface area contributed by atoms with Gasteiger partial charge in [0.05, 0.1) is 24.2 Å². The molecule has 4 aliphatic heterocycles. The molecule has 0 amide bonds. The Hall–Kier alpha value is -0.160. The van der Waals surface area contributed by atoms with Crippen LogP contribution in [0.4, 0.5) is 0 Å². The minimum atomic E-state index is -3.80. The molecule has 11 heteroatoms. The van der Waals surface area contributed by atoms with E-state index >= 15 is 0 Å². The van der Waals surface area contributed by atoms with Crippen molar-refractivity contribution in [3.8, 4) is 0 Å². The van der Waals surface area contributed by atoms with Gasteiger partial charge in [-0.15, -0.1) is 0 Å². The van der Waals surface area contributed by atoms with Crippen molar-refractivity contribution in [2.45, 2.75) is 67.0 Å². The van der Waals surface area contributed by atoms with Gasteiger partial charge in [0.25, 0.3) is 8.53 Å². The fourth-order valence-electron chi connectivity index (χ4n) is 5.18. The molecule has 7 atom stereocenters. The van der Waals surface area contributed by atoms with Crippen LogP contribution in [0.15, 0.2) is 33.6 Å². The van der Waals surface area contributed by atoms with Gasteiger partial charge in [-0.1, -0.05) is 29.8 Å². The zero-order valence-corrected chi connectivity index (χ0v) is 21.6. The standard InChI is InChI=1S/C21H29BrNO7PS/c1-13(2)17-16-5-4-10-23(16)31(29-17)30-19-18-20(28-21(19,11-26-3)12-27-18)32(24,25)15-8-6-14(22)7-9-15/h6-9,13,16-20H,4-5,10-12H2,1-3H3/t16?,17?,18-,19?,20-,21-,31?/m0/s1. The highest BCUT2D eigenvalue weighted by molar-refractivity contribution is 9.10. The molecule has 0 radical (unpaired) electrons. The van der Waals surface area contributed by atoms with Gasteiger partial charge in [-0.3, -0.25) is 0 Å². The minimum absolute atomic E-state index is 0.116. The summed E-state index contributed by atoms with van der Waals surface area (Å²) >= 11 is 3.35. The van der Waals surface area contributed by atoms with Crippen LogP contribution in [0.25, 0.3) is 0 Å². The van der Waals surface area contributed by atoms with Crippen LogP contribution in [-0.2, 0) is 33.1 Å². The molecule has 4 aliphatic rings. The molecule has 0 spiro atoms. The van der Waals surface area contributed by atoms with Crippen LogP contribution < -0.4 is 0 Å². The van der Waals surface area contributed by atoms with Crippen LogP contribution >= 0.6 is 24.5 Å². The Labute approximate surface area is 198 Å². The first-order chi connectivity index (χ1) is 15.3. The first-order valence-corrected chi connectivity index (χ1v) is 14.4. The molecule has 4 fully saturated rings. The molecule has 4 unspecified atom stereocenters. The average Bonchev–Trinajstić information content (AvgIpc) is 3.49. The number of hydrogen-bond acceptors (Lipinski definition) is 8. The molecule has 1 aromatic carbocycles. The zero-order chi connectivity index (χ0) is 22.7. The number of methoxy groups -OCH3 is 1. The maximum Gasteiger partial charge on any atom is 0.259 e. The van der Waals surface area contributed by atoms with E-state index in [1.54, 1.807) is 31.4 Å². The van der Waals surface area contributed by atoms with Gasteiger partial charge < -0.3 is 23.3 Å². The molecule has 0 N–H and O–H groups in total. The van der Waals surface area contributed by atoms with Crippen LogP contribution in [0.3, 0.4) is 0 Å². The minimum Gasteiger partial charge on any atom is -0.381 e. The number of benzene rings is 1. The van der Waals surface area contributed by atoms with Gasteiger partial charge in [0.1, 0.15) is 17.8 Å². The molecule has 32 heavy (non-hydrogen) atoms. The van der Waals surface area contributed by atoms with Crippen molar-refractivity contribution in [2.24, 2.45) is 5.92 Å². The molecule has 0 aliphatic carbocycles. The number of ether oxygens (including phenoxy) is 3. The number of hydrogen-bond donors (Lipinski definition) is 0. The predicted octanol–water partition coefficient (Wildman–Crippen LogP) is 3.49. The third-order valence-electron chi connectivity index (χ3n) is 6.72. The summed E-state index contributed by atoms with van der Waals surface area (Å²) in [7, 11) is -3.55. The van der Waals surface area contributed by atoms with Gasteiger partial charge in [-0.2, -0.15) is 0 Å². The topological polar surface area (TPSA) is 83.5 Å². The van der Waals surface area contributed by atoms with Gasteiger partial charge in [0.15, 0.2) is 5.44 Å². The highest BCUT2D eigenvalue weighted by Crippen LogP contribution is 2.60. The molecule has 5 rings (SSSR count).